The van der Waals surface area contributed by atoms with E-state index >= 15 is 0 Å². The fourth-order valence-corrected chi connectivity index (χ4v) is 2.42. The van der Waals surface area contributed by atoms with Crippen LogP contribution in [0.15, 0.2) is 42.5 Å². The molecule has 0 spiro atoms. The van der Waals surface area contributed by atoms with Crippen LogP contribution in [0.1, 0.15) is 41.4 Å². The second-order valence-corrected chi connectivity index (χ2v) is 5.56. The highest BCUT2D eigenvalue weighted by molar-refractivity contribution is 5.90. The van der Waals surface area contributed by atoms with Crippen LogP contribution >= 0.6 is 0 Å². The van der Waals surface area contributed by atoms with Crippen LogP contribution in [-0.4, -0.2) is 24.6 Å². The Morgan fingerprint density at radius 2 is 2.00 bits per heavy atom. The molecule has 0 heterocycles. The first-order valence-corrected chi connectivity index (χ1v) is 8.16. The molecular formula is C19H21NO6. The maximum absolute atomic E-state index is 12.4. The Morgan fingerprint density at radius 1 is 1.23 bits per heavy atom. The minimum Gasteiger partial charge on any atom is -0.496 e. The highest BCUT2D eigenvalue weighted by Gasteiger charge is 2.17. The average Bonchev–Trinajstić information content (AvgIpc) is 2.66. The molecule has 0 bridgehead atoms. The quantitative estimate of drug-likeness (QED) is 0.401. The number of carbonyl (C=O) groups is 1. The molecule has 0 fully saturated rings. The van der Waals surface area contributed by atoms with E-state index < -0.39 is 17.0 Å². The van der Waals surface area contributed by atoms with Gasteiger partial charge in [0.25, 0.3) is 5.69 Å². The fourth-order valence-electron chi connectivity index (χ4n) is 2.42. The van der Waals surface area contributed by atoms with Crippen molar-refractivity contribution in [3.63, 3.8) is 0 Å². The molecule has 2 aromatic carbocycles. The molecule has 0 aliphatic rings. The van der Waals surface area contributed by atoms with Crippen molar-refractivity contribution < 1.29 is 23.9 Å². The highest BCUT2D eigenvalue weighted by atomic mass is 16.6. The van der Waals surface area contributed by atoms with Gasteiger partial charge in [0.15, 0.2) is 0 Å². The van der Waals surface area contributed by atoms with E-state index in [4.69, 9.17) is 14.2 Å². The first kappa shape index (κ1) is 19.4. The lowest BCUT2D eigenvalue weighted by molar-refractivity contribution is -0.385. The van der Waals surface area contributed by atoms with Crippen molar-refractivity contribution in [2.24, 2.45) is 0 Å². The van der Waals surface area contributed by atoms with Crippen molar-refractivity contribution >= 4 is 11.7 Å². The number of ether oxygens (including phenoxy) is 3. The molecule has 7 heteroatoms. The Kier molecular flexibility index (Phi) is 6.68. The summed E-state index contributed by atoms with van der Waals surface area (Å²) >= 11 is 0. The Bertz CT molecular complexity index is 789. The highest BCUT2D eigenvalue weighted by Crippen LogP contribution is 2.25. The van der Waals surface area contributed by atoms with Gasteiger partial charge in [0, 0.05) is 24.3 Å². The van der Waals surface area contributed by atoms with Crippen LogP contribution in [-0.2, 0) is 16.1 Å². The summed E-state index contributed by atoms with van der Waals surface area (Å²) in [6.45, 7) is 4.41. The van der Waals surface area contributed by atoms with Gasteiger partial charge in [0.1, 0.15) is 11.9 Å². The first-order chi connectivity index (χ1) is 12.5. The fraction of sp³-hybridized carbons (Fsp3) is 0.316. The monoisotopic (exact) mass is 359 g/mol. The predicted molar refractivity (Wildman–Crippen MR) is 95.3 cm³/mol. The normalized spacial score (nSPS) is 11.7. The van der Waals surface area contributed by atoms with Crippen LogP contribution < -0.4 is 4.74 Å². The molecule has 0 radical (unpaired) electrons. The van der Waals surface area contributed by atoms with Gasteiger partial charge < -0.3 is 14.2 Å². The molecular weight excluding hydrogens is 338 g/mol. The average molecular weight is 359 g/mol. The zero-order chi connectivity index (χ0) is 19.1. The number of rotatable bonds is 8. The molecule has 138 valence electrons. The van der Waals surface area contributed by atoms with Crippen LogP contribution in [0.5, 0.6) is 5.75 Å². The van der Waals surface area contributed by atoms with E-state index in [-0.39, 0.29) is 5.69 Å². The van der Waals surface area contributed by atoms with Crippen LogP contribution in [0, 0.1) is 10.1 Å². The molecule has 7 nitrogen and oxygen atoms in total. The van der Waals surface area contributed by atoms with Gasteiger partial charge in [0.05, 0.1) is 24.2 Å². The zero-order valence-electron chi connectivity index (χ0n) is 14.9. The summed E-state index contributed by atoms with van der Waals surface area (Å²) in [7, 11) is 1.55. The minimum atomic E-state index is -0.625. The maximum atomic E-state index is 12.4. The molecule has 0 unspecified atom stereocenters. The maximum Gasteiger partial charge on any atom is 0.338 e. The second-order valence-electron chi connectivity index (χ2n) is 5.56. The van der Waals surface area contributed by atoms with E-state index in [1.165, 1.54) is 12.1 Å². The Labute approximate surface area is 151 Å². The van der Waals surface area contributed by atoms with E-state index in [2.05, 4.69) is 0 Å². The van der Waals surface area contributed by atoms with Crippen molar-refractivity contribution in [1.82, 2.24) is 0 Å². The van der Waals surface area contributed by atoms with Crippen LogP contribution in [0.3, 0.4) is 0 Å². The number of carbonyl (C=O) groups excluding carboxylic acids is 1. The van der Waals surface area contributed by atoms with E-state index in [9.17, 15) is 14.9 Å². The molecule has 1 atom stereocenters. The molecule has 0 saturated heterocycles. The summed E-state index contributed by atoms with van der Waals surface area (Å²) in [6.07, 6.45) is -0.625. The number of benzene rings is 2. The number of hydrogen-bond acceptors (Lipinski definition) is 6. The summed E-state index contributed by atoms with van der Waals surface area (Å²) in [5.74, 6) is 0.103. The number of nitrogens with zero attached hydrogens (tertiary/aromatic N) is 1. The van der Waals surface area contributed by atoms with Gasteiger partial charge in [0.2, 0.25) is 0 Å². The summed E-state index contributed by atoms with van der Waals surface area (Å²) in [5, 5.41) is 10.9. The lowest BCUT2D eigenvalue weighted by Crippen LogP contribution is -2.10. The summed E-state index contributed by atoms with van der Waals surface area (Å²) < 4.78 is 16.1. The van der Waals surface area contributed by atoms with Crippen molar-refractivity contribution in [3.8, 4) is 5.75 Å². The molecule has 0 aliphatic carbocycles. The lowest BCUT2D eigenvalue weighted by Gasteiger charge is -2.15. The molecule has 0 N–H and O–H groups in total. The molecule has 0 amide bonds. The topological polar surface area (TPSA) is 87.9 Å². The smallest absolute Gasteiger partial charge is 0.338 e. The van der Waals surface area contributed by atoms with Gasteiger partial charge in [-0.3, -0.25) is 10.1 Å². The van der Waals surface area contributed by atoms with Crippen LogP contribution in [0.4, 0.5) is 5.69 Å². The van der Waals surface area contributed by atoms with E-state index in [1.54, 1.807) is 44.4 Å². The van der Waals surface area contributed by atoms with Gasteiger partial charge in [-0.2, -0.15) is 0 Å². The van der Waals surface area contributed by atoms with Crippen molar-refractivity contribution in [1.29, 1.82) is 0 Å². The molecule has 2 rings (SSSR count). The number of methoxy groups -OCH3 is 1. The predicted octanol–water partition coefficient (Wildman–Crippen LogP) is 4.06. The standard InChI is InChI=1S/C19H21NO6/c1-4-25-12-16-10-15(8-9-18(16)24-3)19(21)26-13(2)14-6-5-7-17(11-14)20(22)23/h5-11,13H,4,12H2,1-3H3/t13-/m1/s1. The van der Waals surface area contributed by atoms with Gasteiger partial charge >= 0.3 is 5.97 Å². The zero-order valence-corrected chi connectivity index (χ0v) is 14.9. The number of esters is 1. The minimum absolute atomic E-state index is 0.0474. The molecule has 2 aromatic rings. The van der Waals surface area contributed by atoms with E-state index in [0.717, 1.165) is 5.56 Å². The van der Waals surface area contributed by atoms with Gasteiger partial charge in [-0.05, 0) is 37.6 Å². The number of non-ortho nitro benzene ring substituents is 1. The van der Waals surface area contributed by atoms with Crippen molar-refractivity contribution in [3.05, 3.63) is 69.3 Å². The SMILES string of the molecule is CCOCc1cc(C(=O)O[C@H](C)c2cccc([N+](=O)[O-])c2)ccc1OC. The second kappa shape index (κ2) is 8.96. The number of nitro benzene ring substituents is 1. The van der Waals surface area contributed by atoms with Crippen molar-refractivity contribution in [2.75, 3.05) is 13.7 Å². The van der Waals surface area contributed by atoms with Gasteiger partial charge in [-0.15, -0.1) is 0 Å². The molecule has 0 aromatic heterocycles. The Balaban J connectivity index is 2.16. The third-order valence-electron chi connectivity index (χ3n) is 3.81. The summed E-state index contributed by atoms with van der Waals surface area (Å²) in [5.41, 5.74) is 1.61. The van der Waals surface area contributed by atoms with Gasteiger partial charge in [-0.25, -0.2) is 4.79 Å². The third-order valence-corrected chi connectivity index (χ3v) is 3.81. The lowest BCUT2D eigenvalue weighted by atomic mass is 10.1. The summed E-state index contributed by atoms with van der Waals surface area (Å²) in [6, 6.07) is 11.0. The third kappa shape index (κ3) is 4.80. The molecule has 26 heavy (non-hydrogen) atoms. The Hall–Kier alpha value is -2.93. The van der Waals surface area contributed by atoms with Crippen molar-refractivity contribution in [2.45, 2.75) is 26.6 Å². The number of nitro groups is 1. The van der Waals surface area contributed by atoms with E-state index in [0.29, 0.717) is 30.1 Å². The van der Waals surface area contributed by atoms with E-state index in [1.807, 2.05) is 6.92 Å². The molecule has 0 saturated carbocycles. The largest absolute Gasteiger partial charge is 0.496 e. The van der Waals surface area contributed by atoms with Crippen LogP contribution in [0.2, 0.25) is 0 Å². The number of hydrogen-bond donors (Lipinski definition) is 0. The van der Waals surface area contributed by atoms with Gasteiger partial charge in [-0.1, -0.05) is 12.1 Å². The van der Waals surface area contributed by atoms with Crippen LogP contribution in [0.25, 0.3) is 0 Å². The summed E-state index contributed by atoms with van der Waals surface area (Å²) in [4.78, 5) is 22.8. The molecule has 0 aliphatic heterocycles. The first-order valence-electron chi connectivity index (χ1n) is 8.16. The Morgan fingerprint density at radius 3 is 2.65 bits per heavy atom.